The number of rotatable bonds is 3. The fraction of sp³-hybridized carbons (Fsp3) is 0.944. The molecule has 4 aliphatic rings. The van der Waals surface area contributed by atoms with Gasteiger partial charge in [0.1, 0.15) is 0 Å². The Labute approximate surface area is 172 Å². The highest BCUT2D eigenvalue weighted by Crippen LogP contribution is 2.24. The number of piperidine rings is 1. The molecule has 28 heavy (non-hydrogen) atoms. The van der Waals surface area contributed by atoms with Gasteiger partial charge in [-0.15, -0.1) is 11.6 Å². The van der Waals surface area contributed by atoms with Crippen molar-refractivity contribution in [1.82, 2.24) is 36.2 Å². The predicted molar refractivity (Wildman–Crippen MR) is 110 cm³/mol. The summed E-state index contributed by atoms with van der Waals surface area (Å²) in [5.41, 5.74) is 9.48. The molecule has 0 aliphatic carbocycles. The number of carbonyl (C=O) groups excluding carboxylic acids is 1. The molecule has 0 aromatic rings. The highest BCUT2D eigenvalue weighted by molar-refractivity contribution is 6.21. The highest BCUT2D eigenvalue weighted by Gasteiger charge is 2.47. The highest BCUT2D eigenvalue weighted by atomic mass is 35.5. The number of nitrogens with zero attached hydrogens (tertiary/aromatic N) is 3. The molecule has 0 bridgehead atoms. The zero-order valence-electron chi connectivity index (χ0n) is 16.9. The van der Waals surface area contributed by atoms with Crippen LogP contribution in [0.3, 0.4) is 0 Å². The van der Waals surface area contributed by atoms with Crippen LogP contribution in [-0.4, -0.2) is 109 Å². The minimum absolute atomic E-state index is 0.0175. The van der Waals surface area contributed by atoms with Crippen molar-refractivity contribution in [3.8, 4) is 0 Å². The Bertz CT molecular complexity index is 568. The van der Waals surface area contributed by atoms with E-state index in [0.717, 1.165) is 39.1 Å². The normalized spacial score (nSPS) is 43.6. The molecule has 4 saturated heterocycles. The molecule has 9 nitrogen and oxygen atoms in total. The molecule has 7 atom stereocenters. The van der Waals surface area contributed by atoms with Crippen LogP contribution in [0, 0.1) is 5.92 Å². The maximum atomic E-state index is 13.2. The first-order valence-electron chi connectivity index (χ1n) is 10.5. The molecule has 0 aromatic carbocycles. The van der Waals surface area contributed by atoms with Crippen molar-refractivity contribution in [3.05, 3.63) is 0 Å². The minimum atomic E-state index is -0.405. The fourth-order valence-corrected chi connectivity index (χ4v) is 5.30. The summed E-state index contributed by atoms with van der Waals surface area (Å²) in [6, 6.07) is 1.01. The standard InChI is InChI=1S/C18H35ClN8O/c1-11-9-26(6-5-25(11)2)14-3-4-21-8-13(14)23-18(28)15-16(20)24-27-10-12(19)7-22-17(15)27/h11-17,21-22,24H,3-10,20H2,1-2H3,(H,23,28). The molecule has 0 spiro atoms. The Hall–Kier alpha value is -0.520. The van der Waals surface area contributed by atoms with Gasteiger partial charge in [-0.25, -0.2) is 10.4 Å². The largest absolute Gasteiger partial charge is 0.350 e. The summed E-state index contributed by atoms with van der Waals surface area (Å²) in [5, 5.41) is 12.2. The van der Waals surface area contributed by atoms with E-state index in [4.69, 9.17) is 17.3 Å². The lowest BCUT2D eigenvalue weighted by Gasteiger charge is -2.46. The molecule has 4 heterocycles. The van der Waals surface area contributed by atoms with Gasteiger partial charge >= 0.3 is 0 Å². The fourth-order valence-electron chi connectivity index (χ4n) is 5.06. The number of hydrogen-bond donors (Lipinski definition) is 5. The second kappa shape index (κ2) is 8.69. The number of fused-ring (bicyclic) bond motifs is 1. The molecule has 4 aliphatic heterocycles. The van der Waals surface area contributed by atoms with Crippen molar-refractivity contribution in [2.24, 2.45) is 11.7 Å². The van der Waals surface area contributed by atoms with Gasteiger partial charge in [0.15, 0.2) is 0 Å². The van der Waals surface area contributed by atoms with Crippen LogP contribution >= 0.6 is 11.6 Å². The summed E-state index contributed by atoms with van der Waals surface area (Å²) in [6.07, 6.45) is 0.541. The molecule has 160 valence electrons. The average molecular weight is 415 g/mol. The monoisotopic (exact) mass is 414 g/mol. The Kier molecular flexibility index (Phi) is 6.44. The SMILES string of the molecule is CC1CN(C2CCNCC2NC(=O)C2C(N)NN3CC(Cl)CNC23)CCN1C. The van der Waals surface area contributed by atoms with Gasteiger partial charge in [0, 0.05) is 51.4 Å². The third-order valence-electron chi connectivity index (χ3n) is 6.86. The molecule has 7 unspecified atom stereocenters. The Morgan fingerprint density at radius 1 is 1.25 bits per heavy atom. The Morgan fingerprint density at radius 3 is 2.86 bits per heavy atom. The van der Waals surface area contributed by atoms with E-state index in [2.05, 4.69) is 45.1 Å². The summed E-state index contributed by atoms with van der Waals surface area (Å²) in [4.78, 5) is 18.2. The zero-order chi connectivity index (χ0) is 19.8. The maximum Gasteiger partial charge on any atom is 0.229 e. The van der Waals surface area contributed by atoms with Gasteiger partial charge in [-0.1, -0.05) is 0 Å². The lowest BCUT2D eigenvalue weighted by molar-refractivity contribution is -0.128. The van der Waals surface area contributed by atoms with Crippen LogP contribution in [0.5, 0.6) is 0 Å². The van der Waals surface area contributed by atoms with Crippen molar-refractivity contribution in [3.63, 3.8) is 0 Å². The van der Waals surface area contributed by atoms with Crippen LogP contribution in [0.4, 0.5) is 0 Å². The number of carbonyl (C=O) groups is 1. The number of likely N-dealkylation sites (N-methyl/N-ethyl adjacent to an activating group) is 1. The van der Waals surface area contributed by atoms with E-state index in [0.29, 0.717) is 25.2 Å². The van der Waals surface area contributed by atoms with E-state index in [9.17, 15) is 4.79 Å². The van der Waals surface area contributed by atoms with Crippen LogP contribution in [0.2, 0.25) is 0 Å². The van der Waals surface area contributed by atoms with Gasteiger partial charge in [0.25, 0.3) is 0 Å². The van der Waals surface area contributed by atoms with Crippen molar-refractivity contribution >= 4 is 17.5 Å². The van der Waals surface area contributed by atoms with E-state index in [-0.39, 0.29) is 29.4 Å². The molecule has 0 saturated carbocycles. The number of hydrazine groups is 1. The van der Waals surface area contributed by atoms with Gasteiger partial charge in [0.05, 0.1) is 29.7 Å². The summed E-state index contributed by atoms with van der Waals surface area (Å²) in [7, 11) is 2.19. The summed E-state index contributed by atoms with van der Waals surface area (Å²) < 4.78 is 0. The Balaban J connectivity index is 1.41. The third kappa shape index (κ3) is 4.17. The second-order valence-electron chi connectivity index (χ2n) is 8.78. The van der Waals surface area contributed by atoms with Crippen molar-refractivity contribution < 1.29 is 4.79 Å². The third-order valence-corrected chi connectivity index (χ3v) is 7.15. The van der Waals surface area contributed by atoms with E-state index >= 15 is 0 Å². The molecule has 10 heteroatoms. The van der Waals surface area contributed by atoms with Crippen LogP contribution < -0.4 is 27.1 Å². The van der Waals surface area contributed by atoms with Crippen molar-refractivity contribution in [1.29, 1.82) is 0 Å². The quantitative estimate of drug-likeness (QED) is 0.329. The lowest BCUT2D eigenvalue weighted by atomic mass is 9.95. The van der Waals surface area contributed by atoms with Crippen LogP contribution in [0.1, 0.15) is 13.3 Å². The predicted octanol–water partition coefficient (Wildman–Crippen LogP) is -2.27. The lowest BCUT2D eigenvalue weighted by Crippen LogP contribution is -2.65. The molecule has 0 radical (unpaired) electrons. The minimum Gasteiger partial charge on any atom is -0.350 e. The molecular formula is C18H35ClN8O. The second-order valence-corrected chi connectivity index (χ2v) is 9.40. The average Bonchev–Trinajstić information content (AvgIpc) is 2.99. The molecule has 4 fully saturated rings. The van der Waals surface area contributed by atoms with Gasteiger partial charge in [-0.2, -0.15) is 0 Å². The molecule has 4 rings (SSSR count). The number of alkyl halides is 1. The van der Waals surface area contributed by atoms with Crippen LogP contribution in [0.25, 0.3) is 0 Å². The molecule has 6 N–H and O–H groups in total. The number of nitrogens with two attached hydrogens (primary N) is 1. The number of nitrogens with one attached hydrogen (secondary N) is 4. The van der Waals surface area contributed by atoms with Gasteiger partial charge in [0.2, 0.25) is 5.91 Å². The summed E-state index contributed by atoms with van der Waals surface area (Å²) >= 11 is 6.24. The van der Waals surface area contributed by atoms with Gasteiger partial charge < -0.3 is 21.3 Å². The summed E-state index contributed by atoms with van der Waals surface area (Å²) in [6.45, 7) is 8.62. The van der Waals surface area contributed by atoms with Crippen LogP contribution in [0.15, 0.2) is 0 Å². The smallest absolute Gasteiger partial charge is 0.229 e. The number of piperazine rings is 1. The summed E-state index contributed by atoms with van der Waals surface area (Å²) in [5.74, 6) is -0.313. The first-order valence-corrected chi connectivity index (χ1v) is 11.0. The zero-order valence-corrected chi connectivity index (χ0v) is 17.7. The van der Waals surface area contributed by atoms with Crippen molar-refractivity contribution in [2.75, 3.05) is 52.9 Å². The van der Waals surface area contributed by atoms with E-state index in [1.54, 1.807) is 0 Å². The number of amides is 1. The number of halogens is 1. The van der Waals surface area contributed by atoms with E-state index in [1.165, 1.54) is 0 Å². The molecular weight excluding hydrogens is 380 g/mol. The first-order chi connectivity index (χ1) is 13.4. The van der Waals surface area contributed by atoms with E-state index < -0.39 is 6.17 Å². The molecule has 1 amide bonds. The van der Waals surface area contributed by atoms with Crippen molar-refractivity contribution in [2.45, 2.75) is 49.2 Å². The number of hydrogen-bond acceptors (Lipinski definition) is 8. The topological polar surface area (TPSA) is 101 Å². The Morgan fingerprint density at radius 2 is 2.07 bits per heavy atom. The van der Waals surface area contributed by atoms with Gasteiger partial charge in [-0.3, -0.25) is 15.0 Å². The van der Waals surface area contributed by atoms with Crippen LogP contribution in [-0.2, 0) is 4.79 Å². The first kappa shape index (κ1) is 20.7. The van der Waals surface area contributed by atoms with E-state index in [1.807, 2.05) is 5.01 Å². The van der Waals surface area contributed by atoms with Gasteiger partial charge in [-0.05, 0) is 26.9 Å². The molecule has 0 aromatic heterocycles. The maximum absolute atomic E-state index is 13.2.